The molecule has 1 aliphatic rings. The predicted molar refractivity (Wildman–Crippen MR) is 60.7 cm³/mol. The summed E-state index contributed by atoms with van der Waals surface area (Å²) < 4.78 is 2.17. The molecule has 1 saturated heterocycles. The lowest BCUT2D eigenvalue weighted by Crippen LogP contribution is -2.23. The molecule has 0 saturated carbocycles. The Morgan fingerprint density at radius 2 is 2.07 bits per heavy atom. The van der Waals surface area contributed by atoms with E-state index in [0.717, 1.165) is 25.2 Å². The Morgan fingerprint density at radius 1 is 1.27 bits per heavy atom. The van der Waals surface area contributed by atoms with E-state index in [1.54, 1.807) is 0 Å². The van der Waals surface area contributed by atoms with Crippen LogP contribution in [0.25, 0.3) is 0 Å². The summed E-state index contributed by atoms with van der Waals surface area (Å²) in [6.45, 7) is 5.42. The average Bonchev–Trinajstić information content (AvgIpc) is 2.85. The second-order valence-electron chi connectivity index (χ2n) is 4.19. The van der Waals surface area contributed by atoms with Gasteiger partial charge in [-0.1, -0.05) is 0 Å². The molecule has 0 atom stereocenters. The van der Waals surface area contributed by atoms with E-state index in [-0.39, 0.29) is 0 Å². The van der Waals surface area contributed by atoms with Crippen molar-refractivity contribution in [2.45, 2.75) is 25.8 Å². The summed E-state index contributed by atoms with van der Waals surface area (Å²) in [5.74, 6) is 0. The summed E-state index contributed by atoms with van der Waals surface area (Å²) in [7, 11) is 0. The topological polar surface area (TPSA) is 47.1 Å². The molecule has 0 bridgehead atoms. The summed E-state index contributed by atoms with van der Waals surface area (Å²) in [4.78, 5) is 6.83. The van der Waals surface area contributed by atoms with Gasteiger partial charge < -0.3 is 15.2 Å². The molecule has 0 aromatic carbocycles. The molecule has 0 aliphatic carbocycles. The van der Waals surface area contributed by atoms with E-state index in [0.29, 0.717) is 6.54 Å². The van der Waals surface area contributed by atoms with E-state index in [2.05, 4.69) is 20.6 Å². The van der Waals surface area contributed by atoms with Gasteiger partial charge in [0.15, 0.2) is 0 Å². The van der Waals surface area contributed by atoms with Crippen LogP contribution >= 0.6 is 0 Å². The van der Waals surface area contributed by atoms with E-state index in [9.17, 15) is 0 Å². The number of aromatic nitrogens is 2. The van der Waals surface area contributed by atoms with Crippen LogP contribution in [0.4, 0.5) is 0 Å². The normalized spacial score (nSPS) is 17.4. The summed E-state index contributed by atoms with van der Waals surface area (Å²) >= 11 is 0. The highest BCUT2D eigenvalue weighted by molar-refractivity contribution is 4.97. The van der Waals surface area contributed by atoms with Crippen molar-refractivity contribution in [3.63, 3.8) is 0 Å². The van der Waals surface area contributed by atoms with Crippen molar-refractivity contribution in [1.29, 1.82) is 0 Å². The van der Waals surface area contributed by atoms with Crippen LogP contribution in [0.5, 0.6) is 0 Å². The van der Waals surface area contributed by atoms with E-state index in [4.69, 9.17) is 5.73 Å². The molecule has 2 rings (SSSR count). The lowest BCUT2D eigenvalue weighted by Gasteiger charge is -2.14. The number of nitrogens with two attached hydrogens (primary N) is 1. The van der Waals surface area contributed by atoms with Crippen molar-refractivity contribution in [2.75, 3.05) is 26.2 Å². The molecule has 0 radical (unpaired) electrons. The van der Waals surface area contributed by atoms with Gasteiger partial charge in [0.25, 0.3) is 0 Å². The first kappa shape index (κ1) is 10.6. The van der Waals surface area contributed by atoms with Crippen LogP contribution in [-0.2, 0) is 13.0 Å². The van der Waals surface area contributed by atoms with Gasteiger partial charge in [-0.05, 0) is 32.5 Å². The van der Waals surface area contributed by atoms with E-state index in [1.165, 1.54) is 25.9 Å². The fourth-order valence-corrected chi connectivity index (χ4v) is 2.07. The van der Waals surface area contributed by atoms with Gasteiger partial charge >= 0.3 is 0 Å². The minimum atomic E-state index is 0.684. The molecule has 15 heavy (non-hydrogen) atoms. The highest BCUT2D eigenvalue weighted by Crippen LogP contribution is 2.07. The molecular formula is C11H20N4. The quantitative estimate of drug-likeness (QED) is 0.765. The molecule has 4 nitrogen and oxygen atoms in total. The molecule has 2 heterocycles. The first-order valence-corrected chi connectivity index (χ1v) is 5.81. The van der Waals surface area contributed by atoms with Crippen molar-refractivity contribution < 1.29 is 0 Å². The van der Waals surface area contributed by atoms with Gasteiger partial charge in [-0.15, -0.1) is 0 Å². The molecule has 2 N–H and O–H groups in total. The Morgan fingerprint density at radius 3 is 2.80 bits per heavy atom. The smallest absolute Gasteiger partial charge is 0.0949 e. The van der Waals surface area contributed by atoms with E-state index >= 15 is 0 Å². The van der Waals surface area contributed by atoms with Gasteiger partial charge in [0, 0.05) is 25.7 Å². The number of hydrogen-bond acceptors (Lipinski definition) is 3. The van der Waals surface area contributed by atoms with Crippen LogP contribution in [0.15, 0.2) is 12.5 Å². The molecule has 1 aromatic heterocycles. The maximum atomic E-state index is 5.49. The Kier molecular flexibility index (Phi) is 3.75. The van der Waals surface area contributed by atoms with Gasteiger partial charge in [0.1, 0.15) is 0 Å². The van der Waals surface area contributed by atoms with Crippen molar-refractivity contribution in [3.05, 3.63) is 18.2 Å². The SMILES string of the molecule is NCCc1cn(CCN2CCCC2)cn1. The molecule has 4 heteroatoms. The third-order valence-electron chi connectivity index (χ3n) is 2.96. The molecule has 0 unspecified atom stereocenters. The summed E-state index contributed by atoms with van der Waals surface area (Å²) in [6, 6.07) is 0. The highest BCUT2D eigenvalue weighted by atomic mass is 15.2. The van der Waals surface area contributed by atoms with Crippen molar-refractivity contribution >= 4 is 0 Å². The van der Waals surface area contributed by atoms with E-state index < -0.39 is 0 Å². The Balaban J connectivity index is 1.77. The number of rotatable bonds is 5. The fourth-order valence-electron chi connectivity index (χ4n) is 2.07. The van der Waals surface area contributed by atoms with Crippen LogP contribution in [0.2, 0.25) is 0 Å². The Labute approximate surface area is 91.1 Å². The van der Waals surface area contributed by atoms with Gasteiger partial charge in [0.05, 0.1) is 12.0 Å². The van der Waals surface area contributed by atoms with Gasteiger partial charge in [0.2, 0.25) is 0 Å². The zero-order valence-electron chi connectivity index (χ0n) is 9.23. The van der Waals surface area contributed by atoms with Gasteiger partial charge in [-0.3, -0.25) is 0 Å². The first-order chi connectivity index (χ1) is 7.38. The standard InChI is InChI=1S/C11H20N4/c12-4-3-11-9-15(10-13-11)8-7-14-5-1-2-6-14/h9-10H,1-8,12H2. The molecule has 1 aromatic rings. The van der Waals surface area contributed by atoms with Crippen molar-refractivity contribution in [1.82, 2.24) is 14.5 Å². The molecule has 1 fully saturated rings. The minimum Gasteiger partial charge on any atom is -0.336 e. The maximum Gasteiger partial charge on any atom is 0.0949 e. The van der Waals surface area contributed by atoms with Crippen molar-refractivity contribution in [2.24, 2.45) is 5.73 Å². The third-order valence-corrected chi connectivity index (χ3v) is 2.96. The summed E-state index contributed by atoms with van der Waals surface area (Å²) in [6.07, 6.45) is 7.64. The molecular weight excluding hydrogens is 188 g/mol. The van der Waals surface area contributed by atoms with Crippen LogP contribution in [0.1, 0.15) is 18.5 Å². The lowest BCUT2D eigenvalue weighted by atomic mass is 10.3. The number of imidazole rings is 1. The number of nitrogens with zero attached hydrogens (tertiary/aromatic N) is 3. The van der Waals surface area contributed by atoms with Gasteiger partial charge in [-0.2, -0.15) is 0 Å². The first-order valence-electron chi connectivity index (χ1n) is 5.81. The molecule has 0 amide bonds. The zero-order valence-corrected chi connectivity index (χ0v) is 9.23. The third kappa shape index (κ3) is 3.04. The molecule has 0 spiro atoms. The fraction of sp³-hybridized carbons (Fsp3) is 0.727. The number of hydrogen-bond donors (Lipinski definition) is 1. The number of likely N-dealkylation sites (tertiary alicyclic amines) is 1. The second-order valence-corrected chi connectivity index (χ2v) is 4.19. The largest absolute Gasteiger partial charge is 0.336 e. The van der Waals surface area contributed by atoms with Crippen LogP contribution in [0, 0.1) is 0 Å². The van der Waals surface area contributed by atoms with E-state index in [1.807, 2.05) is 6.33 Å². The Bertz CT molecular complexity index is 289. The average molecular weight is 208 g/mol. The predicted octanol–water partition coefficient (Wildman–Crippen LogP) is 0.480. The van der Waals surface area contributed by atoms with Crippen LogP contribution in [-0.4, -0.2) is 40.6 Å². The molecule has 84 valence electrons. The maximum absolute atomic E-state index is 5.49. The zero-order chi connectivity index (χ0) is 10.5. The van der Waals surface area contributed by atoms with Crippen LogP contribution < -0.4 is 5.73 Å². The monoisotopic (exact) mass is 208 g/mol. The van der Waals surface area contributed by atoms with Crippen molar-refractivity contribution in [3.8, 4) is 0 Å². The molecule has 1 aliphatic heterocycles. The summed E-state index contributed by atoms with van der Waals surface area (Å²) in [5, 5.41) is 0. The summed E-state index contributed by atoms with van der Waals surface area (Å²) in [5.41, 5.74) is 6.60. The highest BCUT2D eigenvalue weighted by Gasteiger charge is 2.10. The Hall–Kier alpha value is -0.870. The second kappa shape index (κ2) is 5.28. The minimum absolute atomic E-state index is 0.684. The van der Waals surface area contributed by atoms with Gasteiger partial charge in [-0.25, -0.2) is 4.98 Å². The van der Waals surface area contributed by atoms with Crippen LogP contribution in [0.3, 0.4) is 0 Å². The lowest BCUT2D eigenvalue weighted by molar-refractivity contribution is 0.322.